The molecule has 0 aliphatic heterocycles. The summed E-state index contributed by atoms with van der Waals surface area (Å²) < 4.78 is 40.0. The molecule has 0 radical (unpaired) electrons. The number of aryl methyl sites for hydroxylation is 1. The maximum absolute atomic E-state index is 12.7. The third kappa shape index (κ3) is 2.51. The Bertz CT molecular complexity index is 941. The molecule has 3 rings (SSSR count). The molecule has 122 valence electrons. The maximum Gasteiger partial charge on any atom is 0.408 e. The summed E-state index contributed by atoms with van der Waals surface area (Å²) in [6, 6.07) is 3.31. The lowest BCUT2D eigenvalue weighted by atomic mass is 10.2. The van der Waals surface area contributed by atoms with E-state index in [0.717, 1.165) is 0 Å². The van der Waals surface area contributed by atoms with Crippen molar-refractivity contribution >= 4 is 27.8 Å². The zero-order valence-corrected chi connectivity index (χ0v) is 12.3. The van der Waals surface area contributed by atoms with E-state index >= 15 is 0 Å². The van der Waals surface area contributed by atoms with Gasteiger partial charge in [0.2, 0.25) is 0 Å². The number of nitrogens with two attached hydrogens (primary N) is 1. The van der Waals surface area contributed by atoms with Crippen LogP contribution >= 0.6 is 0 Å². The average molecular weight is 325 g/mol. The molecule has 0 saturated heterocycles. The van der Waals surface area contributed by atoms with Crippen LogP contribution in [0.3, 0.4) is 0 Å². The van der Waals surface area contributed by atoms with Gasteiger partial charge in [0.15, 0.2) is 0 Å². The predicted octanol–water partition coefficient (Wildman–Crippen LogP) is 2.30. The number of hydrogen-bond donors (Lipinski definition) is 1. The van der Waals surface area contributed by atoms with Crippen LogP contribution in [0, 0.1) is 0 Å². The van der Waals surface area contributed by atoms with Crippen LogP contribution in [0.1, 0.15) is 13.3 Å². The van der Waals surface area contributed by atoms with E-state index in [1.54, 1.807) is 12.1 Å². The molecule has 0 aromatic carbocycles. The number of aromatic nitrogens is 4. The number of nitrogen functional groups attached to an aromatic ring is 1. The lowest BCUT2D eigenvalue weighted by Gasteiger charge is -2.08. The SMILES string of the molecule is CCCn1c(=O)c2c(N)n(CC(F)(F)F)nc2c2cccnc21. The fourth-order valence-electron chi connectivity index (χ4n) is 2.62. The van der Waals surface area contributed by atoms with Gasteiger partial charge < -0.3 is 5.73 Å². The van der Waals surface area contributed by atoms with Crippen LogP contribution in [0.25, 0.3) is 21.9 Å². The van der Waals surface area contributed by atoms with Gasteiger partial charge in [-0.25, -0.2) is 9.67 Å². The van der Waals surface area contributed by atoms with Crippen molar-refractivity contribution in [2.24, 2.45) is 0 Å². The Hall–Kier alpha value is -2.58. The Morgan fingerprint density at radius 3 is 2.74 bits per heavy atom. The van der Waals surface area contributed by atoms with E-state index in [2.05, 4.69) is 10.1 Å². The molecule has 0 fully saturated rings. The van der Waals surface area contributed by atoms with E-state index in [1.807, 2.05) is 6.92 Å². The smallest absolute Gasteiger partial charge is 0.383 e. The van der Waals surface area contributed by atoms with Crippen LogP contribution in [0.2, 0.25) is 0 Å². The Morgan fingerprint density at radius 1 is 1.35 bits per heavy atom. The van der Waals surface area contributed by atoms with E-state index in [9.17, 15) is 18.0 Å². The quantitative estimate of drug-likeness (QED) is 0.801. The molecule has 0 spiro atoms. The summed E-state index contributed by atoms with van der Waals surface area (Å²) >= 11 is 0. The Balaban J connectivity index is 2.41. The summed E-state index contributed by atoms with van der Waals surface area (Å²) in [7, 11) is 0. The average Bonchev–Trinajstić information content (AvgIpc) is 2.79. The van der Waals surface area contributed by atoms with E-state index in [0.29, 0.717) is 28.7 Å². The highest BCUT2D eigenvalue weighted by molar-refractivity contribution is 6.05. The van der Waals surface area contributed by atoms with Crippen molar-refractivity contribution in [2.45, 2.75) is 32.6 Å². The predicted molar refractivity (Wildman–Crippen MR) is 80.1 cm³/mol. The van der Waals surface area contributed by atoms with Crippen LogP contribution in [-0.2, 0) is 13.1 Å². The zero-order valence-electron chi connectivity index (χ0n) is 12.3. The van der Waals surface area contributed by atoms with Gasteiger partial charge in [-0.2, -0.15) is 18.3 Å². The highest BCUT2D eigenvalue weighted by atomic mass is 19.4. The third-order valence-electron chi connectivity index (χ3n) is 3.52. The highest BCUT2D eigenvalue weighted by Gasteiger charge is 2.31. The fourth-order valence-corrected chi connectivity index (χ4v) is 2.62. The molecule has 23 heavy (non-hydrogen) atoms. The first-order valence-electron chi connectivity index (χ1n) is 7.03. The Morgan fingerprint density at radius 2 is 2.09 bits per heavy atom. The standard InChI is InChI=1S/C14H14F3N5O/c1-2-6-21-12-8(4-3-5-19-12)10-9(13(21)23)11(18)22(20-10)7-14(15,16)17/h3-5H,2,6-7,18H2,1H3. The fraction of sp³-hybridized carbons (Fsp3) is 0.357. The molecule has 0 atom stereocenters. The van der Waals surface area contributed by atoms with Crippen molar-refractivity contribution in [2.75, 3.05) is 5.73 Å². The number of alkyl halides is 3. The number of nitrogens with zero attached hydrogens (tertiary/aromatic N) is 4. The molecule has 3 heterocycles. The number of rotatable bonds is 3. The van der Waals surface area contributed by atoms with Gasteiger partial charge in [0.05, 0.1) is 0 Å². The summed E-state index contributed by atoms with van der Waals surface area (Å²) in [4.78, 5) is 16.8. The van der Waals surface area contributed by atoms with Gasteiger partial charge in [0.25, 0.3) is 5.56 Å². The molecule has 0 aliphatic rings. The Labute approximate surface area is 128 Å². The van der Waals surface area contributed by atoms with Gasteiger partial charge in [0, 0.05) is 18.1 Å². The first kappa shape index (κ1) is 15.3. The topological polar surface area (TPSA) is 78.7 Å². The molecule has 0 unspecified atom stereocenters. The van der Waals surface area contributed by atoms with Crippen LogP contribution in [0.15, 0.2) is 23.1 Å². The number of anilines is 1. The number of pyridine rings is 2. The van der Waals surface area contributed by atoms with Gasteiger partial charge in [0.1, 0.15) is 28.9 Å². The second kappa shape index (κ2) is 5.25. The molecule has 2 N–H and O–H groups in total. The minimum atomic E-state index is -4.48. The van der Waals surface area contributed by atoms with Crippen molar-refractivity contribution < 1.29 is 13.2 Å². The van der Waals surface area contributed by atoms with E-state index in [4.69, 9.17) is 5.73 Å². The highest BCUT2D eigenvalue weighted by Crippen LogP contribution is 2.27. The molecular weight excluding hydrogens is 311 g/mol. The minimum absolute atomic E-state index is 0.00296. The van der Waals surface area contributed by atoms with Crippen molar-refractivity contribution in [3.8, 4) is 0 Å². The van der Waals surface area contributed by atoms with Gasteiger partial charge in [-0.1, -0.05) is 6.92 Å². The van der Waals surface area contributed by atoms with Crippen LogP contribution in [-0.4, -0.2) is 25.5 Å². The van der Waals surface area contributed by atoms with Gasteiger partial charge in [-0.05, 0) is 18.6 Å². The number of fused-ring (bicyclic) bond motifs is 3. The van der Waals surface area contributed by atoms with Gasteiger partial charge in [-0.3, -0.25) is 9.36 Å². The van der Waals surface area contributed by atoms with Crippen LogP contribution in [0.5, 0.6) is 0 Å². The molecule has 6 nitrogen and oxygen atoms in total. The maximum atomic E-state index is 12.7. The molecule has 9 heteroatoms. The lowest BCUT2D eigenvalue weighted by Crippen LogP contribution is -2.22. The van der Waals surface area contributed by atoms with Crippen molar-refractivity contribution in [1.82, 2.24) is 19.3 Å². The number of hydrogen-bond acceptors (Lipinski definition) is 4. The number of halogens is 3. The lowest BCUT2D eigenvalue weighted by molar-refractivity contribution is -0.142. The van der Waals surface area contributed by atoms with Crippen molar-refractivity contribution in [1.29, 1.82) is 0 Å². The monoisotopic (exact) mass is 325 g/mol. The second-order valence-electron chi connectivity index (χ2n) is 5.21. The summed E-state index contributed by atoms with van der Waals surface area (Å²) in [6.07, 6.45) is -2.28. The van der Waals surface area contributed by atoms with E-state index < -0.39 is 18.3 Å². The first-order valence-corrected chi connectivity index (χ1v) is 7.03. The summed E-state index contributed by atoms with van der Waals surface area (Å²) in [6.45, 7) is 0.941. The molecular formula is C14H14F3N5O. The van der Waals surface area contributed by atoms with E-state index in [-0.39, 0.29) is 16.7 Å². The van der Waals surface area contributed by atoms with Gasteiger partial charge in [-0.15, -0.1) is 0 Å². The molecule has 3 aromatic heterocycles. The molecule has 0 saturated carbocycles. The third-order valence-corrected chi connectivity index (χ3v) is 3.52. The minimum Gasteiger partial charge on any atom is -0.383 e. The van der Waals surface area contributed by atoms with Crippen LogP contribution in [0.4, 0.5) is 19.0 Å². The second-order valence-corrected chi connectivity index (χ2v) is 5.21. The van der Waals surface area contributed by atoms with Crippen molar-refractivity contribution in [3.05, 3.63) is 28.7 Å². The Kier molecular flexibility index (Phi) is 3.50. The van der Waals surface area contributed by atoms with Crippen molar-refractivity contribution in [3.63, 3.8) is 0 Å². The molecule has 0 aliphatic carbocycles. The van der Waals surface area contributed by atoms with Gasteiger partial charge >= 0.3 is 6.18 Å². The molecule has 0 bridgehead atoms. The zero-order chi connectivity index (χ0) is 16.8. The molecule has 0 amide bonds. The largest absolute Gasteiger partial charge is 0.408 e. The summed E-state index contributed by atoms with van der Waals surface area (Å²) in [5.41, 5.74) is 5.83. The first-order chi connectivity index (χ1) is 10.8. The summed E-state index contributed by atoms with van der Waals surface area (Å²) in [5, 5.41) is 4.41. The molecule has 3 aromatic rings. The van der Waals surface area contributed by atoms with Crippen LogP contribution < -0.4 is 11.3 Å². The summed E-state index contributed by atoms with van der Waals surface area (Å²) in [5.74, 6) is -0.280. The normalized spacial score (nSPS) is 12.3. The van der Waals surface area contributed by atoms with E-state index in [1.165, 1.54) is 10.8 Å².